The third kappa shape index (κ3) is 5.38. The number of alkyl halides is 2. The first-order chi connectivity index (χ1) is 15.8. The fraction of sp³-hybridized carbons (Fsp3) is 0.480. The summed E-state index contributed by atoms with van der Waals surface area (Å²) in [7, 11) is 0. The normalized spacial score (nSPS) is 18.2. The Morgan fingerprint density at radius 1 is 1.15 bits per heavy atom. The second-order valence-corrected chi connectivity index (χ2v) is 9.05. The molecule has 1 fully saturated rings. The van der Waals surface area contributed by atoms with E-state index in [2.05, 4.69) is 15.3 Å². The smallest absolute Gasteiger partial charge is 0.260 e. The van der Waals surface area contributed by atoms with E-state index >= 15 is 0 Å². The number of aromatic nitrogens is 3. The minimum atomic E-state index is -2.59. The molecule has 3 aromatic rings. The van der Waals surface area contributed by atoms with Crippen molar-refractivity contribution in [1.82, 2.24) is 19.4 Å². The zero-order valence-corrected chi connectivity index (χ0v) is 19.4. The Morgan fingerprint density at radius 3 is 2.61 bits per heavy atom. The number of benzene rings is 1. The van der Waals surface area contributed by atoms with Gasteiger partial charge in [0.05, 0.1) is 12.6 Å². The summed E-state index contributed by atoms with van der Waals surface area (Å²) in [5.41, 5.74) is 2.61. The molecule has 33 heavy (non-hydrogen) atoms. The van der Waals surface area contributed by atoms with Gasteiger partial charge in [-0.3, -0.25) is 14.3 Å². The molecule has 1 N–H and O–H groups in total. The van der Waals surface area contributed by atoms with Gasteiger partial charge in [-0.05, 0) is 50.4 Å². The lowest BCUT2D eigenvalue weighted by molar-refractivity contribution is -0.0661. The third-order valence-corrected chi connectivity index (χ3v) is 6.40. The average Bonchev–Trinajstić information content (AvgIpc) is 2.78. The highest BCUT2D eigenvalue weighted by Crippen LogP contribution is 2.28. The topological polar surface area (TPSA) is 63.1 Å². The minimum absolute atomic E-state index is 0.0179. The molecule has 2 atom stereocenters. The van der Waals surface area contributed by atoms with Crippen molar-refractivity contribution in [2.75, 3.05) is 18.4 Å². The van der Waals surface area contributed by atoms with E-state index in [1.165, 1.54) is 0 Å². The molecule has 3 heterocycles. The summed E-state index contributed by atoms with van der Waals surface area (Å²) in [5.74, 6) is -2.13. The lowest BCUT2D eigenvalue weighted by Gasteiger charge is -2.32. The van der Waals surface area contributed by atoms with E-state index in [4.69, 9.17) is 0 Å². The van der Waals surface area contributed by atoms with E-state index < -0.39 is 5.92 Å². The highest BCUT2D eigenvalue weighted by Gasteiger charge is 2.34. The van der Waals surface area contributed by atoms with Crippen molar-refractivity contribution >= 4 is 17.0 Å². The number of fused-ring (bicyclic) bond motifs is 1. The average molecular weight is 456 g/mol. The first-order valence-corrected chi connectivity index (χ1v) is 11.6. The number of anilines is 1. The first-order valence-electron chi connectivity index (χ1n) is 11.6. The van der Waals surface area contributed by atoms with Crippen molar-refractivity contribution < 1.29 is 8.78 Å². The van der Waals surface area contributed by atoms with E-state index in [1.54, 1.807) is 22.9 Å². The van der Waals surface area contributed by atoms with Crippen LogP contribution >= 0.6 is 0 Å². The molecule has 1 saturated heterocycles. The second kappa shape index (κ2) is 9.55. The summed E-state index contributed by atoms with van der Waals surface area (Å²) < 4.78 is 29.0. The summed E-state index contributed by atoms with van der Waals surface area (Å²) in [4.78, 5) is 23.3. The lowest BCUT2D eigenvalue weighted by Crippen LogP contribution is -2.41. The summed E-state index contributed by atoms with van der Waals surface area (Å²) in [6.45, 7) is 7.12. The molecule has 0 radical (unpaired) electrons. The van der Waals surface area contributed by atoms with Crippen LogP contribution in [-0.2, 0) is 6.54 Å². The predicted octanol–water partition coefficient (Wildman–Crippen LogP) is 5.17. The van der Waals surface area contributed by atoms with Crippen LogP contribution in [0.3, 0.4) is 0 Å². The molecule has 0 spiro atoms. The van der Waals surface area contributed by atoms with Crippen LogP contribution in [0.5, 0.6) is 0 Å². The molecule has 0 saturated carbocycles. The van der Waals surface area contributed by atoms with Gasteiger partial charge >= 0.3 is 0 Å². The third-order valence-electron chi connectivity index (χ3n) is 6.40. The first kappa shape index (κ1) is 23.3. The van der Waals surface area contributed by atoms with Crippen molar-refractivity contribution in [3.05, 3.63) is 64.1 Å². The Labute approximate surface area is 192 Å². The molecule has 1 aliphatic heterocycles. The van der Waals surface area contributed by atoms with Crippen LogP contribution in [0.15, 0.2) is 47.4 Å². The van der Waals surface area contributed by atoms with Crippen LogP contribution in [0.2, 0.25) is 0 Å². The lowest BCUT2D eigenvalue weighted by atomic mass is 10.0. The molecule has 4 rings (SSSR count). The van der Waals surface area contributed by atoms with E-state index in [9.17, 15) is 13.6 Å². The maximum atomic E-state index is 13.7. The van der Waals surface area contributed by atoms with E-state index in [0.29, 0.717) is 31.1 Å². The van der Waals surface area contributed by atoms with Gasteiger partial charge in [-0.25, -0.2) is 13.8 Å². The molecule has 0 bridgehead atoms. The van der Waals surface area contributed by atoms with Gasteiger partial charge in [0.2, 0.25) is 5.95 Å². The quantitative estimate of drug-likeness (QED) is 0.533. The van der Waals surface area contributed by atoms with Crippen molar-refractivity contribution in [2.45, 2.75) is 64.6 Å². The van der Waals surface area contributed by atoms with Gasteiger partial charge in [0.25, 0.3) is 11.5 Å². The molecule has 6 nitrogen and oxygen atoms in total. The number of hydrogen-bond donors (Lipinski definition) is 1. The zero-order chi connectivity index (χ0) is 23.6. The second-order valence-electron chi connectivity index (χ2n) is 9.05. The van der Waals surface area contributed by atoms with Crippen LogP contribution in [0.25, 0.3) is 11.0 Å². The Bertz CT molecular complexity index is 1160. The molecular formula is C25H31F2N5O. The molecule has 1 aromatic carbocycles. The molecule has 0 aliphatic carbocycles. The number of halogens is 2. The van der Waals surface area contributed by atoms with Crippen LogP contribution < -0.4 is 10.9 Å². The predicted molar refractivity (Wildman–Crippen MR) is 127 cm³/mol. The number of rotatable bonds is 7. The van der Waals surface area contributed by atoms with Crippen LogP contribution in [0.1, 0.15) is 63.2 Å². The Balaban J connectivity index is 1.48. The van der Waals surface area contributed by atoms with Crippen LogP contribution in [0, 0.1) is 0 Å². The number of hydrogen-bond acceptors (Lipinski definition) is 5. The Hall–Kier alpha value is -2.87. The van der Waals surface area contributed by atoms with Gasteiger partial charge in [0.15, 0.2) is 0 Å². The standard InChI is InChI=1S/C25H31F2N5O/c1-4-17(2)32-22(33)11-10-21-14-28-24(30-23(21)32)29-18(3)20-8-6-19(7-9-20)15-31-13-5-12-25(26,27)16-31/h6-11,14,17-18H,4-5,12-13,15-16H2,1-3H3,(H,28,29,30). The fourth-order valence-corrected chi connectivity index (χ4v) is 4.34. The van der Waals surface area contributed by atoms with Crippen LogP contribution in [0.4, 0.5) is 14.7 Å². The molecular weight excluding hydrogens is 424 g/mol. The summed E-state index contributed by atoms with van der Waals surface area (Å²) >= 11 is 0. The highest BCUT2D eigenvalue weighted by molar-refractivity contribution is 5.75. The monoisotopic (exact) mass is 455 g/mol. The van der Waals surface area contributed by atoms with E-state index in [0.717, 1.165) is 22.9 Å². The van der Waals surface area contributed by atoms with Crippen molar-refractivity contribution in [3.8, 4) is 0 Å². The van der Waals surface area contributed by atoms with Crippen molar-refractivity contribution in [2.24, 2.45) is 0 Å². The van der Waals surface area contributed by atoms with Gasteiger partial charge in [-0.1, -0.05) is 31.2 Å². The Morgan fingerprint density at radius 2 is 1.91 bits per heavy atom. The summed E-state index contributed by atoms with van der Waals surface area (Å²) in [6.07, 6.45) is 3.06. The minimum Gasteiger partial charge on any atom is -0.348 e. The van der Waals surface area contributed by atoms with Crippen molar-refractivity contribution in [3.63, 3.8) is 0 Å². The number of pyridine rings is 1. The Kier molecular flexibility index (Phi) is 6.74. The van der Waals surface area contributed by atoms with Gasteiger partial charge in [0, 0.05) is 36.7 Å². The maximum absolute atomic E-state index is 13.7. The zero-order valence-electron chi connectivity index (χ0n) is 19.4. The van der Waals surface area contributed by atoms with Gasteiger partial charge in [0.1, 0.15) is 5.65 Å². The number of nitrogens with zero attached hydrogens (tertiary/aromatic N) is 4. The van der Waals surface area contributed by atoms with Gasteiger partial charge in [-0.15, -0.1) is 0 Å². The fourth-order valence-electron chi connectivity index (χ4n) is 4.34. The maximum Gasteiger partial charge on any atom is 0.260 e. The SMILES string of the molecule is CCC(C)n1c(=O)ccc2cnc(NC(C)c3ccc(CN4CCCC(F)(F)C4)cc3)nc21. The van der Waals surface area contributed by atoms with Crippen LogP contribution in [-0.4, -0.2) is 38.4 Å². The number of likely N-dealkylation sites (tertiary alicyclic amines) is 1. The molecule has 176 valence electrons. The number of nitrogens with one attached hydrogen (secondary N) is 1. The molecule has 2 aromatic heterocycles. The molecule has 2 unspecified atom stereocenters. The summed E-state index contributed by atoms with van der Waals surface area (Å²) in [5, 5.41) is 4.14. The highest BCUT2D eigenvalue weighted by atomic mass is 19.3. The van der Waals surface area contributed by atoms with E-state index in [1.807, 2.05) is 49.9 Å². The largest absolute Gasteiger partial charge is 0.348 e. The van der Waals surface area contributed by atoms with Crippen molar-refractivity contribution in [1.29, 1.82) is 0 Å². The number of piperidine rings is 1. The molecule has 1 aliphatic rings. The van der Waals surface area contributed by atoms with E-state index in [-0.39, 0.29) is 30.6 Å². The molecule has 0 amide bonds. The molecule has 8 heteroatoms. The van der Waals surface area contributed by atoms with Gasteiger partial charge < -0.3 is 5.32 Å². The summed E-state index contributed by atoms with van der Waals surface area (Å²) in [6, 6.07) is 11.3. The van der Waals surface area contributed by atoms with Gasteiger partial charge in [-0.2, -0.15) is 4.98 Å².